The van der Waals surface area contributed by atoms with Crippen molar-refractivity contribution in [2.24, 2.45) is 0 Å². The van der Waals surface area contributed by atoms with E-state index < -0.39 is 5.97 Å². The minimum Gasteiger partial charge on any atom is -0.482 e. The van der Waals surface area contributed by atoms with Crippen LogP contribution in [0.4, 0.5) is 4.39 Å². The Morgan fingerprint density at radius 2 is 2.12 bits per heavy atom. The third-order valence-electron chi connectivity index (χ3n) is 4.66. The second-order valence-electron chi connectivity index (χ2n) is 6.36. The van der Waals surface area contributed by atoms with Crippen molar-refractivity contribution in [3.8, 4) is 0 Å². The van der Waals surface area contributed by atoms with Gasteiger partial charge in [0.2, 0.25) is 5.88 Å². The van der Waals surface area contributed by atoms with Crippen LogP contribution in [0, 0.1) is 5.82 Å². The van der Waals surface area contributed by atoms with Crippen LogP contribution in [0.1, 0.15) is 12.5 Å². The van der Waals surface area contributed by atoms with Gasteiger partial charge in [-0.2, -0.15) is 0 Å². The zero-order chi connectivity index (χ0) is 18.7. The summed E-state index contributed by atoms with van der Waals surface area (Å²) in [6.45, 7) is 4.81. The number of hydrogen-bond acceptors (Lipinski definition) is 5. The highest BCUT2D eigenvalue weighted by atomic mass is 19.1. The Hall–Kier alpha value is -2.38. The number of nitrogens with zero attached hydrogens (tertiary/aromatic N) is 2. The van der Waals surface area contributed by atoms with Crippen molar-refractivity contribution in [2.45, 2.75) is 19.6 Å². The fraction of sp³-hybridized carbons (Fsp3) is 0.421. The van der Waals surface area contributed by atoms with E-state index in [1.807, 2.05) is 17.0 Å². The first kappa shape index (κ1) is 18.4. The lowest BCUT2D eigenvalue weighted by Crippen LogP contribution is -2.52. The topological polar surface area (TPSA) is 62.2 Å². The molecule has 0 spiro atoms. The number of morpholine rings is 1. The van der Waals surface area contributed by atoms with Gasteiger partial charge in [-0.05, 0) is 36.3 Å². The number of carboxylic acid groups (broad SMARTS) is 1. The number of carboxylic acids is 1. The smallest absolute Gasteiger partial charge is 0.341 e. The summed E-state index contributed by atoms with van der Waals surface area (Å²) in [5.74, 6) is -1.07. The van der Waals surface area contributed by atoms with Gasteiger partial charge in [0.15, 0.2) is 0 Å². The summed E-state index contributed by atoms with van der Waals surface area (Å²) >= 11 is 0. The zero-order valence-electron chi connectivity index (χ0n) is 14.9. The molecule has 0 radical (unpaired) electrons. The maximum atomic E-state index is 13.6. The van der Waals surface area contributed by atoms with Crippen molar-refractivity contribution in [3.05, 3.63) is 58.8 Å². The van der Waals surface area contributed by atoms with Gasteiger partial charge >= 0.3 is 5.97 Å². The molecular formula is C19H23FN2O4. The number of halogens is 1. The van der Waals surface area contributed by atoms with E-state index in [1.54, 1.807) is 13.0 Å². The summed E-state index contributed by atoms with van der Waals surface area (Å²) in [6, 6.07) is 6.31. The fourth-order valence-corrected chi connectivity index (χ4v) is 3.45. The van der Waals surface area contributed by atoms with Gasteiger partial charge in [0.05, 0.1) is 20.3 Å². The van der Waals surface area contributed by atoms with Crippen LogP contribution in [-0.2, 0) is 20.8 Å². The molecule has 2 aliphatic heterocycles. The van der Waals surface area contributed by atoms with E-state index in [-0.39, 0.29) is 17.6 Å². The van der Waals surface area contributed by atoms with E-state index in [1.165, 1.54) is 19.2 Å². The molecule has 0 saturated carbocycles. The van der Waals surface area contributed by atoms with E-state index in [0.717, 1.165) is 18.7 Å². The van der Waals surface area contributed by atoms with Crippen molar-refractivity contribution < 1.29 is 23.8 Å². The van der Waals surface area contributed by atoms with Crippen molar-refractivity contribution in [2.75, 3.05) is 33.4 Å². The van der Waals surface area contributed by atoms with E-state index in [9.17, 15) is 14.3 Å². The van der Waals surface area contributed by atoms with Gasteiger partial charge in [0.25, 0.3) is 0 Å². The standard InChI is InChI=1S/C19H23FN2O4/c1-13-10-16(21-6-8-26-9-7-21)22(18(25-2)17(13)19(23)24)12-14-4-3-5-15(20)11-14/h3-5,10-11,16H,6-9,12H2,1-2H3,(H,23,24). The van der Waals surface area contributed by atoms with Crippen LogP contribution in [0.2, 0.25) is 0 Å². The zero-order valence-corrected chi connectivity index (χ0v) is 14.9. The Bertz CT molecular complexity index is 741. The van der Waals surface area contributed by atoms with Crippen LogP contribution in [0.3, 0.4) is 0 Å². The predicted molar refractivity (Wildman–Crippen MR) is 93.6 cm³/mol. The van der Waals surface area contributed by atoms with E-state index in [0.29, 0.717) is 31.2 Å². The van der Waals surface area contributed by atoms with Crippen LogP contribution < -0.4 is 0 Å². The maximum Gasteiger partial charge on any atom is 0.341 e. The van der Waals surface area contributed by atoms with Gasteiger partial charge in [0.1, 0.15) is 17.6 Å². The van der Waals surface area contributed by atoms with E-state index in [4.69, 9.17) is 9.47 Å². The molecule has 0 aromatic heterocycles. The largest absolute Gasteiger partial charge is 0.482 e. The monoisotopic (exact) mass is 362 g/mol. The Kier molecular flexibility index (Phi) is 5.58. The molecule has 1 saturated heterocycles. The first-order chi connectivity index (χ1) is 12.5. The number of aliphatic carboxylic acids is 1. The first-order valence-corrected chi connectivity index (χ1v) is 8.54. The molecule has 1 atom stereocenters. The summed E-state index contributed by atoms with van der Waals surface area (Å²) in [5, 5.41) is 9.64. The molecule has 6 nitrogen and oxygen atoms in total. The minimum absolute atomic E-state index is 0.133. The number of methoxy groups -OCH3 is 1. The van der Waals surface area contributed by atoms with Crippen LogP contribution in [0.5, 0.6) is 0 Å². The molecule has 7 heteroatoms. The molecule has 2 heterocycles. The normalized spacial score (nSPS) is 21.6. The molecule has 1 unspecified atom stereocenters. The molecule has 0 bridgehead atoms. The second kappa shape index (κ2) is 7.88. The quantitative estimate of drug-likeness (QED) is 0.866. The Morgan fingerprint density at radius 1 is 1.38 bits per heavy atom. The highest BCUT2D eigenvalue weighted by molar-refractivity contribution is 5.92. The van der Waals surface area contributed by atoms with Gasteiger partial charge in [0, 0.05) is 19.6 Å². The first-order valence-electron chi connectivity index (χ1n) is 8.54. The molecule has 140 valence electrons. The molecule has 0 amide bonds. The molecule has 3 rings (SSSR count). The SMILES string of the molecule is COC1=C(C(=O)O)C(C)=CC(N2CCOCC2)N1Cc1cccc(F)c1. The van der Waals surface area contributed by atoms with Crippen molar-refractivity contribution >= 4 is 5.97 Å². The van der Waals surface area contributed by atoms with Crippen molar-refractivity contribution in [1.29, 1.82) is 0 Å². The molecular weight excluding hydrogens is 339 g/mol. The summed E-state index contributed by atoms with van der Waals surface area (Å²) in [6.07, 6.45) is 1.75. The summed E-state index contributed by atoms with van der Waals surface area (Å²) in [7, 11) is 1.46. The van der Waals surface area contributed by atoms with Gasteiger partial charge in [-0.15, -0.1) is 0 Å². The number of rotatable bonds is 5. The highest BCUT2D eigenvalue weighted by Gasteiger charge is 2.35. The van der Waals surface area contributed by atoms with Crippen molar-refractivity contribution in [3.63, 3.8) is 0 Å². The molecule has 1 aromatic rings. The number of carbonyl (C=O) groups is 1. The van der Waals surface area contributed by atoms with Gasteiger partial charge in [-0.3, -0.25) is 4.90 Å². The fourth-order valence-electron chi connectivity index (χ4n) is 3.45. The molecule has 26 heavy (non-hydrogen) atoms. The number of ether oxygens (including phenoxy) is 2. The molecule has 1 fully saturated rings. The molecule has 2 aliphatic rings. The molecule has 0 aliphatic carbocycles. The summed E-state index contributed by atoms with van der Waals surface area (Å²) in [5.41, 5.74) is 1.53. The van der Waals surface area contributed by atoms with Gasteiger partial charge < -0.3 is 19.5 Å². The Morgan fingerprint density at radius 3 is 2.73 bits per heavy atom. The maximum absolute atomic E-state index is 13.6. The van der Waals surface area contributed by atoms with Crippen LogP contribution in [0.15, 0.2) is 47.4 Å². The van der Waals surface area contributed by atoms with Crippen molar-refractivity contribution in [1.82, 2.24) is 9.80 Å². The summed E-state index contributed by atoms with van der Waals surface area (Å²) < 4.78 is 24.6. The lowest BCUT2D eigenvalue weighted by Gasteiger charge is -2.43. The van der Waals surface area contributed by atoms with E-state index >= 15 is 0 Å². The average molecular weight is 362 g/mol. The number of benzene rings is 1. The lowest BCUT2D eigenvalue weighted by molar-refractivity contribution is -0.133. The van der Waals surface area contributed by atoms with Gasteiger partial charge in [-0.1, -0.05) is 12.1 Å². The third kappa shape index (κ3) is 3.73. The number of hydrogen-bond donors (Lipinski definition) is 1. The Labute approximate surface area is 152 Å². The predicted octanol–water partition coefficient (Wildman–Crippen LogP) is 2.19. The highest BCUT2D eigenvalue weighted by Crippen LogP contribution is 2.31. The lowest BCUT2D eigenvalue weighted by atomic mass is 10.0. The van der Waals surface area contributed by atoms with E-state index in [2.05, 4.69) is 4.90 Å². The molecule has 1 aromatic carbocycles. The minimum atomic E-state index is -1.04. The average Bonchev–Trinajstić information content (AvgIpc) is 2.63. The molecule has 1 N–H and O–H groups in total. The Balaban J connectivity index is 2.00. The van der Waals surface area contributed by atoms with Crippen LogP contribution >= 0.6 is 0 Å². The van der Waals surface area contributed by atoms with Gasteiger partial charge in [-0.25, -0.2) is 9.18 Å². The van der Waals surface area contributed by atoms with Crippen LogP contribution in [0.25, 0.3) is 0 Å². The second-order valence-corrected chi connectivity index (χ2v) is 6.36. The third-order valence-corrected chi connectivity index (χ3v) is 4.66. The summed E-state index contributed by atoms with van der Waals surface area (Å²) in [4.78, 5) is 15.9. The van der Waals surface area contributed by atoms with Crippen LogP contribution in [-0.4, -0.2) is 60.5 Å².